The van der Waals surface area contributed by atoms with Gasteiger partial charge in [0.15, 0.2) is 0 Å². The lowest BCUT2D eigenvalue weighted by atomic mass is 10.2. The van der Waals surface area contributed by atoms with Gasteiger partial charge in [-0.15, -0.1) is 0 Å². The third-order valence-electron chi connectivity index (χ3n) is 3.19. The largest absolute Gasteiger partial charge is 0.329 e. The van der Waals surface area contributed by atoms with E-state index < -0.39 is 10.0 Å². The Hall–Kier alpha value is -1.42. The topological polar surface area (TPSA) is 87.2 Å². The Morgan fingerprint density at radius 1 is 1.44 bits per heavy atom. The van der Waals surface area contributed by atoms with Crippen molar-refractivity contribution in [2.45, 2.75) is 23.8 Å². The minimum atomic E-state index is -3.61. The zero-order valence-electron chi connectivity index (χ0n) is 9.91. The van der Waals surface area contributed by atoms with Crippen LogP contribution in [0.1, 0.15) is 18.4 Å². The minimum absolute atomic E-state index is 0.0767. The molecule has 1 atom stereocenters. The van der Waals surface area contributed by atoms with Crippen LogP contribution in [0.25, 0.3) is 0 Å². The highest BCUT2D eigenvalue weighted by atomic mass is 32.2. The molecule has 1 aliphatic rings. The lowest BCUT2D eigenvalue weighted by Crippen LogP contribution is -2.40. The van der Waals surface area contributed by atoms with Gasteiger partial charge in [0.2, 0.25) is 10.0 Å². The van der Waals surface area contributed by atoms with E-state index in [4.69, 9.17) is 11.0 Å². The summed E-state index contributed by atoms with van der Waals surface area (Å²) in [6.45, 7) is 0.790. The van der Waals surface area contributed by atoms with Gasteiger partial charge in [0.25, 0.3) is 0 Å². The number of nitriles is 1. The van der Waals surface area contributed by atoms with Crippen LogP contribution in [0.3, 0.4) is 0 Å². The van der Waals surface area contributed by atoms with Crippen molar-refractivity contribution in [3.63, 3.8) is 0 Å². The van der Waals surface area contributed by atoms with Crippen LogP contribution in [0.4, 0.5) is 0 Å². The molecule has 1 unspecified atom stereocenters. The summed E-state index contributed by atoms with van der Waals surface area (Å²) in [5.74, 6) is 0. The summed E-state index contributed by atoms with van der Waals surface area (Å²) >= 11 is 0. The van der Waals surface area contributed by atoms with Crippen LogP contribution >= 0.6 is 0 Å². The van der Waals surface area contributed by atoms with Crippen molar-refractivity contribution in [3.05, 3.63) is 29.8 Å². The van der Waals surface area contributed by atoms with Crippen LogP contribution in [0.2, 0.25) is 0 Å². The molecule has 0 amide bonds. The molecule has 96 valence electrons. The summed E-state index contributed by atoms with van der Waals surface area (Å²) in [6, 6.07) is 8.04. The van der Waals surface area contributed by atoms with Gasteiger partial charge in [-0.25, -0.2) is 8.42 Å². The second-order valence-corrected chi connectivity index (χ2v) is 6.11. The lowest BCUT2D eigenvalue weighted by molar-refractivity contribution is 0.393. The Bertz CT molecular complexity index is 577. The maximum Gasteiger partial charge on any atom is 0.244 e. The van der Waals surface area contributed by atoms with Crippen molar-refractivity contribution in [2.75, 3.05) is 13.1 Å². The van der Waals surface area contributed by atoms with Gasteiger partial charge in [0.05, 0.1) is 10.5 Å². The summed E-state index contributed by atoms with van der Waals surface area (Å²) in [5, 5.41) is 8.99. The Balaban J connectivity index is 2.46. The quantitative estimate of drug-likeness (QED) is 0.870. The first-order chi connectivity index (χ1) is 8.61. The summed E-state index contributed by atoms with van der Waals surface area (Å²) in [4.78, 5) is 0.0767. The molecule has 5 nitrogen and oxygen atoms in total. The maximum absolute atomic E-state index is 12.5. The fourth-order valence-corrected chi connectivity index (χ4v) is 4.12. The second kappa shape index (κ2) is 5.06. The molecule has 2 rings (SSSR count). The molecule has 0 bridgehead atoms. The molecule has 1 saturated heterocycles. The number of nitrogens with zero attached hydrogens (tertiary/aromatic N) is 2. The second-order valence-electron chi connectivity index (χ2n) is 4.26. The number of nitrogens with two attached hydrogens (primary N) is 1. The lowest BCUT2D eigenvalue weighted by Gasteiger charge is -2.23. The smallest absolute Gasteiger partial charge is 0.244 e. The van der Waals surface area contributed by atoms with Crippen LogP contribution in [-0.2, 0) is 10.0 Å². The molecule has 1 heterocycles. The van der Waals surface area contributed by atoms with E-state index in [2.05, 4.69) is 0 Å². The van der Waals surface area contributed by atoms with Crippen LogP contribution in [0, 0.1) is 11.3 Å². The fraction of sp³-hybridized carbons (Fsp3) is 0.417. The third-order valence-corrected chi connectivity index (χ3v) is 5.20. The zero-order chi connectivity index (χ0) is 13.2. The van der Waals surface area contributed by atoms with Crippen molar-refractivity contribution in [3.8, 4) is 6.07 Å². The molecule has 1 aromatic carbocycles. The Morgan fingerprint density at radius 3 is 2.83 bits per heavy atom. The van der Waals surface area contributed by atoms with Gasteiger partial charge in [0.1, 0.15) is 6.07 Å². The van der Waals surface area contributed by atoms with Gasteiger partial charge >= 0.3 is 0 Å². The van der Waals surface area contributed by atoms with Gasteiger partial charge in [-0.05, 0) is 25.0 Å². The van der Waals surface area contributed by atoms with E-state index in [1.54, 1.807) is 12.1 Å². The van der Waals surface area contributed by atoms with E-state index in [0.717, 1.165) is 12.8 Å². The van der Waals surface area contributed by atoms with Crippen LogP contribution in [0.5, 0.6) is 0 Å². The Labute approximate surface area is 107 Å². The molecule has 0 radical (unpaired) electrons. The Kier molecular flexibility index (Phi) is 3.66. The van der Waals surface area contributed by atoms with Crippen LogP contribution in [-0.4, -0.2) is 31.9 Å². The predicted octanol–water partition coefficient (Wildman–Crippen LogP) is 0.670. The summed E-state index contributed by atoms with van der Waals surface area (Å²) in [7, 11) is -3.61. The van der Waals surface area contributed by atoms with E-state index >= 15 is 0 Å². The average molecular weight is 265 g/mol. The average Bonchev–Trinajstić information content (AvgIpc) is 2.87. The normalized spacial score (nSPS) is 20.8. The molecule has 1 aromatic rings. The standard InChI is InChI=1S/C12H15N3O2S/c13-8-10-4-1-2-6-12(10)18(16,17)15-7-3-5-11(15)9-14/h1-2,4,6,11H,3,5,7,9,14H2. The number of hydrogen-bond donors (Lipinski definition) is 1. The minimum Gasteiger partial charge on any atom is -0.329 e. The molecule has 0 aromatic heterocycles. The monoisotopic (exact) mass is 265 g/mol. The fourth-order valence-electron chi connectivity index (χ4n) is 2.27. The molecule has 6 heteroatoms. The van der Waals surface area contributed by atoms with E-state index in [9.17, 15) is 8.42 Å². The zero-order valence-corrected chi connectivity index (χ0v) is 10.7. The van der Waals surface area contributed by atoms with Crippen molar-refractivity contribution in [1.29, 1.82) is 5.26 Å². The predicted molar refractivity (Wildman–Crippen MR) is 67.1 cm³/mol. The van der Waals surface area contributed by atoms with E-state index in [1.807, 2.05) is 6.07 Å². The third kappa shape index (κ3) is 2.12. The first-order valence-corrected chi connectivity index (χ1v) is 7.26. The molecule has 2 N–H and O–H groups in total. The maximum atomic E-state index is 12.5. The first-order valence-electron chi connectivity index (χ1n) is 5.82. The van der Waals surface area contributed by atoms with Gasteiger partial charge in [-0.3, -0.25) is 0 Å². The number of sulfonamides is 1. The van der Waals surface area contributed by atoms with Gasteiger partial charge in [-0.2, -0.15) is 9.57 Å². The molecule has 1 fully saturated rings. The number of benzene rings is 1. The van der Waals surface area contributed by atoms with Gasteiger partial charge in [-0.1, -0.05) is 12.1 Å². The summed E-state index contributed by atoms with van der Waals surface area (Å²) in [6.07, 6.45) is 1.60. The van der Waals surface area contributed by atoms with E-state index in [0.29, 0.717) is 13.1 Å². The molecule has 0 saturated carbocycles. The van der Waals surface area contributed by atoms with Crippen molar-refractivity contribution < 1.29 is 8.42 Å². The highest BCUT2D eigenvalue weighted by Gasteiger charge is 2.35. The SMILES string of the molecule is N#Cc1ccccc1S(=O)(=O)N1CCCC1CN. The molecule has 0 aliphatic carbocycles. The number of rotatable bonds is 3. The van der Waals surface area contributed by atoms with Gasteiger partial charge < -0.3 is 5.73 Å². The first kappa shape index (κ1) is 13.0. The van der Waals surface area contributed by atoms with Crippen LogP contribution < -0.4 is 5.73 Å². The molecule has 18 heavy (non-hydrogen) atoms. The highest BCUT2D eigenvalue weighted by Crippen LogP contribution is 2.27. The molecular weight excluding hydrogens is 250 g/mol. The van der Waals surface area contributed by atoms with Crippen LogP contribution in [0.15, 0.2) is 29.2 Å². The van der Waals surface area contributed by atoms with Gasteiger partial charge in [0, 0.05) is 19.1 Å². The van der Waals surface area contributed by atoms with Crippen molar-refractivity contribution in [1.82, 2.24) is 4.31 Å². The van der Waals surface area contributed by atoms with Crippen molar-refractivity contribution in [2.24, 2.45) is 5.73 Å². The Morgan fingerprint density at radius 2 is 2.17 bits per heavy atom. The summed E-state index contributed by atoms with van der Waals surface area (Å²) < 4.78 is 26.4. The van der Waals surface area contributed by atoms with E-state index in [1.165, 1.54) is 16.4 Å². The van der Waals surface area contributed by atoms with E-state index in [-0.39, 0.29) is 16.5 Å². The van der Waals surface area contributed by atoms with Crippen molar-refractivity contribution >= 4 is 10.0 Å². The summed E-state index contributed by atoms with van der Waals surface area (Å²) in [5.41, 5.74) is 5.78. The number of hydrogen-bond acceptors (Lipinski definition) is 4. The highest BCUT2D eigenvalue weighted by molar-refractivity contribution is 7.89. The molecule has 1 aliphatic heterocycles. The molecular formula is C12H15N3O2S. The molecule has 0 spiro atoms.